The molecule has 0 fully saturated rings. The second-order valence-corrected chi connectivity index (χ2v) is 5.27. The highest BCUT2D eigenvalue weighted by molar-refractivity contribution is 5.73. The monoisotopic (exact) mass is 339 g/mol. The topological polar surface area (TPSA) is 113 Å². The van der Waals surface area contributed by atoms with Gasteiger partial charge in [-0.05, 0) is 24.1 Å². The molecule has 0 saturated carbocycles. The van der Waals surface area contributed by atoms with Gasteiger partial charge in [-0.1, -0.05) is 35.5 Å². The van der Waals surface area contributed by atoms with Crippen molar-refractivity contribution in [1.29, 1.82) is 0 Å². The zero-order chi connectivity index (χ0) is 17.5. The van der Waals surface area contributed by atoms with Crippen LogP contribution in [-0.2, 0) is 13.0 Å². The van der Waals surface area contributed by atoms with E-state index in [9.17, 15) is 9.59 Å². The maximum atomic E-state index is 11.8. The molecule has 128 valence electrons. The SMILES string of the molecule is O=C(NCCc1ccccc1)NCc1nc(-c2ccc[nH]c2=O)no1. The Morgan fingerprint density at radius 1 is 1.12 bits per heavy atom. The molecule has 1 aromatic carbocycles. The molecule has 0 unspecified atom stereocenters. The van der Waals surface area contributed by atoms with E-state index in [0.29, 0.717) is 12.1 Å². The van der Waals surface area contributed by atoms with Crippen LogP contribution in [0.5, 0.6) is 0 Å². The lowest BCUT2D eigenvalue weighted by molar-refractivity contribution is 0.238. The highest BCUT2D eigenvalue weighted by Gasteiger charge is 2.12. The van der Waals surface area contributed by atoms with Crippen molar-refractivity contribution >= 4 is 6.03 Å². The van der Waals surface area contributed by atoms with E-state index in [-0.39, 0.29) is 29.9 Å². The predicted molar refractivity (Wildman–Crippen MR) is 90.7 cm³/mol. The van der Waals surface area contributed by atoms with Crippen LogP contribution in [0.25, 0.3) is 11.4 Å². The van der Waals surface area contributed by atoms with Gasteiger partial charge in [-0.25, -0.2) is 4.79 Å². The number of hydrogen-bond acceptors (Lipinski definition) is 5. The first-order valence-electron chi connectivity index (χ1n) is 7.78. The Bertz CT molecular complexity index is 888. The molecule has 3 aromatic rings. The van der Waals surface area contributed by atoms with Crippen molar-refractivity contribution < 1.29 is 9.32 Å². The van der Waals surface area contributed by atoms with Crippen molar-refractivity contribution in [3.05, 3.63) is 70.5 Å². The summed E-state index contributed by atoms with van der Waals surface area (Å²) in [7, 11) is 0. The van der Waals surface area contributed by atoms with Crippen LogP contribution in [0.4, 0.5) is 4.79 Å². The molecule has 8 nitrogen and oxygen atoms in total. The number of aromatic amines is 1. The second-order valence-electron chi connectivity index (χ2n) is 5.27. The van der Waals surface area contributed by atoms with Gasteiger partial charge in [-0.3, -0.25) is 4.79 Å². The number of urea groups is 1. The molecule has 0 aliphatic rings. The zero-order valence-electron chi connectivity index (χ0n) is 13.4. The fraction of sp³-hybridized carbons (Fsp3) is 0.176. The van der Waals surface area contributed by atoms with E-state index in [2.05, 4.69) is 25.8 Å². The number of carbonyl (C=O) groups is 1. The molecule has 0 spiro atoms. The number of benzene rings is 1. The molecule has 0 aliphatic carbocycles. The number of carbonyl (C=O) groups excluding carboxylic acids is 1. The number of pyridine rings is 1. The van der Waals surface area contributed by atoms with E-state index in [0.717, 1.165) is 12.0 Å². The van der Waals surface area contributed by atoms with Crippen LogP contribution in [-0.4, -0.2) is 27.7 Å². The van der Waals surface area contributed by atoms with Gasteiger partial charge in [0.25, 0.3) is 5.56 Å². The summed E-state index contributed by atoms with van der Waals surface area (Å²) < 4.78 is 5.04. The summed E-state index contributed by atoms with van der Waals surface area (Å²) in [6.07, 6.45) is 2.27. The molecule has 2 heterocycles. The van der Waals surface area contributed by atoms with E-state index in [1.54, 1.807) is 12.1 Å². The lowest BCUT2D eigenvalue weighted by atomic mass is 10.1. The Morgan fingerprint density at radius 3 is 2.76 bits per heavy atom. The third-order valence-corrected chi connectivity index (χ3v) is 3.47. The quantitative estimate of drug-likeness (QED) is 0.629. The molecule has 0 atom stereocenters. The number of hydrogen-bond donors (Lipinski definition) is 3. The number of nitrogens with zero attached hydrogens (tertiary/aromatic N) is 2. The highest BCUT2D eigenvalue weighted by Crippen LogP contribution is 2.09. The van der Waals surface area contributed by atoms with Gasteiger partial charge in [-0.15, -0.1) is 0 Å². The average molecular weight is 339 g/mol. The normalized spacial score (nSPS) is 10.4. The summed E-state index contributed by atoms with van der Waals surface area (Å²) >= 11 is 0. The number of rotatable bonds is 6. The maximum Gasteiger partial charge on any atom is 0.315 e. The summed E-state index contributed by atoms with van der Waals surface area (Å²) in [5, 5.41) is 9.14. The molecule has 0 radical (unpaired) electrons. The van der Waals surface area contributed by atoms with Gasteiger partial charge >= 0.3 is 6.03 Å². The number of aromatic nitrogens is 3. The molecule has 2 amide bonds. The number of amides is 2. The van der Waals surface area contributed by atoms with Gasteiger partial charge in [-0.2, -0.15) is 4.98 Å². The zero-order valence-corrected chi connectivity index (χ0v) is 13.4. The minimum absolute atomic E-state index is 0.0783. The Hall–Kier alpha value is -3.42. The highest BCUT2D eigenvalue weighted by atomic mass is 16.5. The molecule has 8 heteroatoms. The van der Waals surface area contributed by atoms with Crippen molar-refractivity contribution in [3.8, 4) is 11.4 Å². The summed E-state index contributed by atoms with van der Waals surface area (Å²) in [6, 6.07) is 12.8. The average Bonchev–Trinajstić information content (AvgIpc) is 3.10. The minimum Gasteiger partial charge on any atom is -0.338 e. The molecular weight excluding hydrogens is 322 g/mol. The molecule has 2 aromatic heterocycles. The standard InChI is InChI=1S/C17H17N5O3/c23-16-13(7-4-9-18-16)15-21-14(25-22-15)11-20-17(24)19-10-8-12-5-2-1-3-6-12/h1-7,9H,8,10-11H2,(H,18,23)(H2,19,20,24). The van der Waals surface area contributed by atoms with Crippen LogP contribution in [0.2, 0.25) is 0 Å². The van der Waals surface area contributed by atoms with Crippen LogP contribution in [0.15, 0.2) is 58.0 Å². The maximum absolute atomic E-state index is 11.8. The molecule has 0 aliphatic heterocycles. The Labute approximate surface area is 143 Å². The van der Waals surface area contributed by atoms with Crippen molar-refractivity contribution in [2.75, 3.05) is 6.54 Å². The lowest BCUT2D eigenvalue weighted by Crippen LogP contribution is -2.36. The Morgan fingerprint density at radius 2 is 1.96 bits per heavy atom. The van der Waals surface area contributed by atoms with Crippen LogP contribution in [0.3, 0.4) is 0 Å². The third kappa shape index (κ3) is 4.54. The van der Waals surface area contributed by atoms with Gasteiger partial charge in [0.2, 0.25) is 11.7 Å². The van der Waals surface area contributed by atoms with Gasteiger partial charge < -0.3 is 20.1 Å². The minimum atomic E-state index is -0.326. The van der Waals surface area contributed by atoms with Crippen LogP contribution >= 0.6 is 0 Å². The van der Waals surface area contributed by atoms with Crippen LogP contribution in [0.1, 0.15) is 11.5 Å². The molecular formula is C17H17N5O3. The third-order valence-electron chi connectivity index (χ3n) is 3.47. The summed E-state index contributed by atoms with van der Waals surface area (Å²) in [6.45, 7) is 0.596. The molecule has 3 N–H and O–H groups in total. The number of nitrogens with one attached hydrogen (secondary N) is 3. The molecule has 0 saturated heterocycles. The summed E-state index contributed by atoms with van der Waals surface area (Å²) in [5.74, 6) is 0.402. The Kier molecular flexibility index (Phi) is 5.20. The fourth-order valence-corrected chi connectivity index (χ4v) is 2.22. The van der Waals surface area contributed by atoms with Crippen molar-refractivity contribution in [1.82, 2.24) is 25.8 Å². The van der Waals surface area contributed by atoms with Gasteiger partial charge in [0.1, 0.15) is 0 Å². The molecule has 0 bridgehead atoms. The van der Waals surface area contributed by atoms with E-state index in [4.69, 9.17) is 4.52 Å². The van der Waals surface area contributed by atoms with E-state index >= 15 is 0 Å². The molecule has 3 rings (SSSR count). The Balaban J connectivity index is 1.46. The summed E-state index contributed by atoms with van der Waals surface area (Å²) in [4.78, 5) is 30.1. The first kappa shape index (κ1) is 16.4. The number of H-pyrrole nitrogens is 1. The van der Waals surface area contributed by atoms with E-state index < -0.39 is 0 Å². The first-order valence-corrected chi connectivity index (χ1v) is 7.78. The van der Waals surface area contributed by atoms with Crippen molar-refractivity contribution in [3.63, 3.8) is 0 Å². The van der Waals surface area contributed by atoms with Gasteiger partial charge in [0, 0.05) is 12.7 Å². The molecule has 25 heavy (non-hydrogen) atoms. The van der Waals surface area contributed by atoms with Gasteiger partial charge in [0.05, 0.1) is 12.1 Å². The predicted octanol–water partition coefficient (Wildman–Crippen LogP) is 1.47. The second kappa shape index (κ2) is 7.91. The van der Waals surface area contributed by atoms with Crippen molar-refractivity contribution in [2.24, 2.45) is 0 Å². The van der Waals surface area contributed by atoms with E-state index in [1.807, 2.05) is 30.3 Å². The van der Waals surface area contributed by atoms with Crippen molar-refractivity contribution in [2.45, 2.75) is 13.0 Å². The van der Waals surface area contributed by atoms with E-state index in [1.165, 1.54) is 6.20 Å². The van der Waals surface area contributed by atoms with Gasteiger partial charge in [0.15, 0.2) is 0 Å². The van der Waals surface area contributed by atoms with Crippen LogP contribution < -0.4 is 16.2 Å². The largest absolute Gasteiger partial charge is 0.338 e. The summed E-state index contributed by atoms with van der Waals surface area (Å²) in [5.41, 5.74) is 1.16. The lowest BCUT2D eigenvalue weighted by Gasteiger charge is -2.05. The fourth-order valence-electron chi connectivity index (χ4n) is 2.22. The van der Waals surface area contributed by atoms with Crippen LogP contribution in [0, 0.1) is 0 Å². The smallest absolute Gasteiger partial charge is 0.315 e. The first-order chi connectivity index (χ1) is 12.2.